The van der Waals surface area contributed by atoms with Gasteiger partial charge in [-0.05, 0) is 50.3 Å². The lowest BCUT2D eigenvalue weighted by atomic mass is 9.98. The third-order valence-corrected chi connectivity index (χ3v) is 5.54. The molecule has 0 saturated carbocycles. The Bertz CT molecular complexity index is 657. The van der Waals surface area contributed by atoms with Gasteiger partial charge in [-0.1, -0.05) is 26.7 Å². The molecule has 0 unspecified atom stereocenters. The lowest BCUT2D eigenvalue weighted by Gasteiger charge is -2.22. The van der Waals surface area contributed by atoms with Gasteiger partial charge in [0, 0.05) is 50.6 Å². The minimum atomic E-state index is -0.0999. The summed E-state index contributed by atoms with van der Waals surface area (Å²) >= 11 is 0. The third kappa shape index (κ3) is 7.03. The van der Waals surface area contributed by atoms with Crippen molar-refractivity contribution in [1.82, 2.24) is 5.32 Å². The van der Waals surface area contributed by atoms with Gasteiger partial charge in [-0.25, -0.2) is 0 Å². The van der Waals surface area contributed by atoms with Crippen molar-refractivity contribution in [3.63, 3.8) is 0 Å². The summed E-state index contributed by atoms with van der Waals surface area (Å²) < 4.78 is 5.05. The maximum absolute atomic E-state index is 12.9. The van der Waals surface area contributed by atoms with E-state index in [4.69, 9.17) is 4.74 Å². The van der Waals surface area contributed by atoms with Gasteiger partial charge in [-0.2, -0.15) is 0 Å². The number of nitrogens with zero attached hydrogens (tertiary/aromatic N) is 1. The maximum Gasteiger partial charge on any atom is 0.253 e. The highest BCUT2D eigenvalue weighted by Crippen LogP contribution is 2.28. The molecule has 0 aromatic heterocycles. The van der Waals surface area contributed by atoms with Crippen LogP contribution in [-0.2, 0) is 9.53 Å². The number of hydrogen-bond donors (Lipinski definition) is 2. The zero-order chi connectivity index (χ0) is 21.1. The Labute approximate surface area is 175 Å². The first-order valence-electron chi connectivity index (χ1n) is 11.1. The predicted octanol–water partition coefficient (Wildman–Crippen LogP) is 4.21. The van der Waals surface area contributed by atoms with Crippen molar-refractivity contribution in [2.75, 3.05) is 43.6 Å². The molecule has 162 valence electrons. The molecule has 29 heavy (non-hydrogen) atoms. The molecule has 2 rings (SSSR count). The highest BCUT2D eigenvalue weighted by atomic mass is 16.5. The Morgan fingerprint density at radius 3 is 2.59 bits per heavy atom. The number of rotatable bonds is 12. The number of carbonyl (C=O) groups excluding carboxylic acids is 2. The lowest BCUT2D eigenvalue weighted by molar-refractivity contribution is -0.120. The second kappa shape index (κ2) is 12.5. The number of hydrogen-bond acceptors (Lipinski definition) is 4. The van der Waals surface area contributed by atoms with E-state index >= 15 is 0 Å². The molecule has 2 amide bonds. The zero-order valence-electron chi connectivity index (χ0n) is 18.3. The Kier molecular flexibility index (Phi) is 9.98. The van der Waals surface area contributed by atoms with E-state index in [9.17, 15) is 9.59 Å². The maximum atomic E-state index is 12.9. The van der Waals surface area contributed by atoms with Gasteiger partial charge in [0.15, 0.2) is 0 Å². The number of methoxy groups -OCH3 is 1. The van der Waals surface area contributed by atoms with Crippen LogP contribution in [0.25, 0.3) is 0 Å². The van der Waals surface area contributed by atoms with E-state index in [1.807, 2.05) is 18.2 Å². The van der Waals surface area contributed by atoms with Crippen LogP contribution < -0.4 is 15.5 Å². The van der Waals surface area contributed by atoms with Crippen molar-refractivity contribution >= 4 is 23.2 Å². The number of carbonyl (C=O) groups is 2. The van der Waals surface area contributed by atoms with Crippen molar-refractivity contribution < 1.29 is 14.3 Å². The molecule has 0 aliphatic carbocycles. The summed E-state index contributed by atoms with van der Waals surface area (Å²) in [7, 11) is 1.66. The first-order chi connectivity index (χ1) is 14.1. The van der Waals surface area contributed by atoms with E-state index in [0.29, 0.717) is 24.4 Å². The first kappa shape index (κ1) is 23.2. The van der Waals surface area contributed by atoms with Gasteiger partial charge in [0.1, 0.15) is 0 Å². The van der Waals surface area contributed by atoms with Crippen LogP contribution in [0.1, 0.15) is 69.2 Å². The highest BCUT2D eigenvalue weighted by molar-refractivity contribution is 6.02. The summed E-state index contributed by atoms with van der Waals surface area (Å²) in [5.74, 6) is -0.0435. The second-order valence-electron chi connectivity index (χ2n) is 7.76. The average Bonchev–Trinajstić information content (AvgIpc) is 3.26. The largest absolute Gasteiger partial charge is 0.385 e. The molecule has 1 heterocycles. The quantitative estimate of drug-likeness (QED) is 0.513. The predicted molar refractivity (Wildman–Crippen MR) is 119 cm³/mol. The molecule has 1 aliphatic heterocycles. The van der Waals surface area contributed by atoms with Crippen LogP contribution in [0.3, 0.4) is 0 Å². The molecule has 0 spiro atoms. The number of nitrogens with one attached hydrogen (secondary N) is 2. The van der Waals surface area contributed by atoms with Crippen molar-refractivity contribution in [2.45, 2.75) is 58.8 Å². The van der Waals surface area contributed by atoms with Crippen LogP contribution in [0.2, 0.25) is 0 Å². The Balaban J connectivity index is 2.15. The minimum Gasteiger partial charge on any atom is -0.385 e. The number of ether oxygens (including phenoxy) is 1. The summed E-state index contributed by atoms with van der Waals surface area (Å²) in [4.78, 5) is 27.8. The number of unbranched alkanes of at least 4 members (excludes halogenated alkanes) is 1. The van der Waals surface area contributed by atoms with Gasteiger partial charge < -0.3 is 20.3 Å². The SMILES string of the molecule is CCCC[C@H](CC)C(=O)Nc1ccc(N2CCCC2)c(C(=O)NCCCOC)c1. The molecule has 6 nitrogen and oxygen atoms in total. The lowest BCUT2D eigenvalue weighted by Crippen LogP contribution is -2.29. The van der Waals surface area contributed by atoms with Crippen LogP contribution in [-0.4, -0.2) is 45.2 Å². The molecule has 0 bridgehead atoms. The molecule has 1 aliphatic rings. The Morgan fingerprint density at radius 1 is 1.17 bits per heavy atom. The molecule has 6 heteroatoms. The van der Waals surface area contributed by atoms with Crippen molar-refractivity contribution in [2.24, 2.45) is 5.92 Å². The monoisotopic (exact) mass is 403 g/mol. The van der Waals surface area contributed by atoms with Gasteiger partial charge in [0.25, 0.3) is 5.91 Å². The number of benzene rings is 1. The fourth-order valence-corrected chi connectivity index (χ4v) is 3.76. The van der Waals surface area contributed by atoms with Crippen molar-refractivity contribution in [3.8, 4) is 0 Å². The van der Waals surface area contributed by atoms with Crippen molar-refractivity contribution in [1.29, 1.82) is 0 Å². The molecule has 1 fully saturated rings. The first-order valence-corrected chi connectivity index (χ1v) is 11.1. The van der Waals surface area contributed by atoms with E-state index in [-0.39, 0.29) is 17.7 Å². The molecule has 1 aromatic rings. The molecule has 0 radical (unpaired) electrons. The van der Waals surface area contributed by atoms with Gasteiger partial charge >= 0.3 is 0 Å². The van der Waals surface area contributed by atoms with E-state index in [1.165, 1.54) is 0 Å². The molecular weight excluding hydrogens is 366 g/mol. The topological polar surface area (TPSA) is 70.7 Å². The average molecular weight is 404 g/mol. The molecular formula is C23H37N3O3. The third-order valence-electron chi connectivity index (χ3n) is 5.54. The van der Waals surface area contributed by atoms with Gasteiger partial charge in [0.2, 0.25) is 5.91 Å². The van der Waals surface area contributed by atoms with E-state index < -0.39 is 0 Å². The van der Waals surface area contributed by atoms with Crippen LogP contribution in [0, 0.1) is 5.92 Å². The summed E-state index contributed by atoms with van der Waals surface area (Å²) in [5, 5.41) is 6.02. The summed E-state index contributed by atoms with van der Waals surface area (Å²) in [6.07, 6.45) is 6.91. The second-order valence-corrected chi connectivity index (χ2v) is 7.76. The highest BCUT2D eigenvalue weighted by Gasteiger charge is 2.21. The molecule has 1 saturated heterocycles. The summed E-state index contributed by atoms with van der Waals surface area (Å²) in [5.41, 5.74) is 2.27. The summed E-state index contributed by atoms with van der Waals surface area (Å²) in [6.45, 7) is 7.30. The molecule has 1 aromatic carbocycles. The minimum absolute atomic E-state index is 0.0135. The van der Waals surface area contributed by atoms with Crippen LogP contribution in [0.15, 0.2) is 18.2 Å². The Hall–Kier alpha value is -2.08. The Morgan fingerprint density at radius 2 is 1.93 bits per heavy atom. The molecule has 2 N–H and O–H groups in total. The zero-order valence-corrected chi connectivity index (χ0v) is 18.3. The van der Waals surface area contributed by atoms with Crippen LogP contribution >= 0.6 is 0 Å². The fourth-order valence-electron chi connectivity index (χ4n) is 3.76. The normalized spacial score (nSPS) is 14.7. The summed E-state index contributed by atoms with van der Waals surface area (Å²) in [6, 6.07) is 5.71. The molecule has 1 atom stereocenters. The number of amides is 2. The van der Waals surface area contributed by atoms with Crippen molar-refractivity contribution in [3.05, 3.63) is 23.8 Å². The van der Waals surface area contributed by atoms with Gasteiger partial charge in [0.05, 0.1) is 5.56 Å². The number of anilines is 2. The van der Waals surface area contributed by atoms with Gasteiger partial charge in [-0.3, -0.25) is 9.59 Å². The van der Waals surface area contributed by atoms with E-state index in [2.05, 4.69) is 29.4 Å². The van der Waals surface area contributed by atoms with Gasteiger partial charge in [-0.15, -0.1) is 0 Å². The van der Waals surface area contributed by atoms with Crippen LogP contribution in [0.5, 0.6) is 0 Å². The fraction of sp³-hybridized carbons (Fsp3) is 0.652. The van der Waals surface area contributed by atoms with Crippen LogP contribution in [0.4, 0.5) is 11.4 Å². The smallest absolute Gasteiger partial charge is 0.253 e. The van der Waals surface area contributed by atoms with E-state index in [1.54, 1.807) is 7.11 Å². The standard InChI is InChI=1S/C23H37N3O3/c1-4-6-10-18(5-2)22(27)25-19-11-12-21(26-14-7-8-15-26)20(17-19)23(28)24-13-9-16-29-3/h11-12,17-18H,4-10,13-16H2,1-3H3,(H,24,28)(H,25,27)/t18-/m0/s1. The van der Waals surface area contributed by atoms with E-state index in [0.717, 1.165) is 63.7 Å².